The topological polar surface area (TPSA) is 70.7 Å². The van der Waals surface area contributed by atoms with Gasteiger partial charge in [0.1, 0.15) is 0 Å². The summed E-state index contributed by atoms with van der Waals surface area (Å²) in [5.74, 6) is -0.236. The number of methoxy groups -OCH3 is 1. The van der Waals surface area contributed by atoms with Crippen molar-refractivity contribution in [3.8, 4) is 0 Å². The van der Waals surface area contributed by atoms with E-state index >= 15 is 0 Å². The van der Waals surface area contributed by atoms with Crippen LogP contribution in [0.4, 0.5) is 5.69 Å². The number of hydrogen-bond donors (Lipinski definition) is 2. The molecule has 0 atom stereocenters. The minimum Gasteiger partial charge on any atom is -0.383 e. The number of hydrogen-bond acceptors (Lipinski definition) is 4. The van der Waals surface area contributed by atoms with E-state index in [0.29, 0.717) is 24.4 Å². The van der Waals surface area contributed by atoms with E-state index in [0.717, 1.165) is 5.56 Å². The van der Waals surface area contributed by atoms with E-state index in [-0.39, 0.29) is 30.8 Å². The van der Waals surface area contributed by atoms with Crippen molar-refractivity contribution in [1.82, 2.24) is 10.2 Å². The number of halogens is 1. The Bertz CT molecular complexity index is 507. The second-order valence-corrected chi connectivity index (χ2v) is 4.95. The van der Waals surface area contributed by atoms with Crippen LogP contribution in [0.2, 0.25) is 0 Å². The number of aryl methyl sites for hydroxylation is 1. The summed E-state index contributed by atoms with van der Waals surface area (Å²) in [5, 5.41) is 5.73. The van der Waals surface area contributed by atoms with Crippen LogP contribution in [0, 0.1) is 6.92 Å². The molecule has 0 bridgehead atoms. The van der Waals surface area contributed by atoms with Crippen molar-refractivity contribution in [2.24, 2.45) is 0 Å². The third-order valence-electron chi connectivity index (χ3n) is 2.93. The highest BCUT2D eigenvalue weighted by Gasteiger charge is 2.12. The quantitative estimate of drug-likeness (QED) is 0.740. The molecule has 22 heavy (non-hydrogen) atoms. The summed E-state index contributed by atoms with van der Waals surface area (Å²) in [6, 6.07) is 5.31. The molecule has 6 nitrogen and oxygen atoms in total. The third kappa shape index (κ3) is 6.43. The zero-order valence-corrected chi connectivity index (χ0v) is 14.3. The van der Waals surface area contributed by atoms with Crippen LogP contribution >= 0.6 is 12.4 Å². The molecule has 1 rings (SSSR count). The molecule has 0 aromatic heterocycles. The molecule has 0 spiro atoms. The van der Waals surface area contributed by atoms with Gasteiger partial charge in [-0.2, -0.15) is 0 Å². The van der Waals surface area contributed by atoms with E-state index < -0.39 is 0 Å². The number of benzene rings is 1. The molecule has 2 amide bonds. The zero-order chi connectivity index (χ0) is 15.8. The average molecular weight is 330 g/mol. The van der Waals surface area contributed by atoms with Crippen LogP contribution in [0.5, 0.6) is 0 Å². The number of nitrogens with zero attached hydrogens (tertiary/aromatic N) is 1. The number of nitrogens with one attached hydrogen (secondary N) is 2. The number of carbonyl (C=O) groups excluding carboxylic acids is 2. The van der Waals surface area contributed by atoms with Gasteiger partial charge in [-0.15, -0.1) is 12.4 Å². The molecule has 7 heteroatoms. The first-order valence-electron chi connectivity index (χ1n) is 6.77. The maximum atomic E-state index is 12.0. The van der Waals surface area contributed by atoms with Crippen molar-refractivity contribution >= 4 is 29.9 Å². The molecule has 0 saturated carbocycles. The van der Waals surface area contributed by atoms with Gasteiger partial charge in [-0.3, -0.25) is 9.59 Å². The lowest BCUT2D eigenvalue weighted by Crippen LogP contribution is -2.30. The number of anilines is 1. The Labute approximate surface area is 137 Å². The van der Waals surface area contributed by atoms with E-state index in [1.165, 1.54) is 4.90 Å². The third-order valence-corrected chi connectivity index (χ3v) is 2.93. The lowest BCUT2D eigenvalue weighted by Gasteiger charge is -2.14. The molecule has 0 aliphatic rings. The van der Waals surface area contributed by atoms with Crippen molar-refractivity contribution < 1.29 is 14.3 Å². The lowest BCUT2D eigenvalue weighted by molar-refractivity contribution is -0.115. The minimum atomic E-state index is -0.154. The standard InChI is InChI=1S/C15H23N3O3.ClH/c1-11-5-6-12(9-13(11)15(20)18(2)3)17-14(19)10-16-7-8-21-4;/h5-6,9,16H,7-8,10H2,1-4H3,(H,17,19);1H. The second-order valence-electron chi connectivity index (χ2n) is 4.95. The second kappa shape index (κ2) is 10.2. The Kier molecular flexibility index (Phi) is 9.40. The predicted octanol–water partition coefficient (Wildman–Crippen LogP) is 1.29. The molecular formula is C15H24ClN3O3. The predicted molar refractivity (Wildman–Crippen MR) is 89.8 cm³/mol. The molecule has 0 aliphatic carbocycles. The SMILES string of the molecule is COCCNCC(=O)Nc1ccc(C)c(C(=O)N(C)C)c1.Cl. The average Bonchev–Trinajstić information content (AvgIpc) is 2.45. The van der Waals surface area contributed by atoms with E-state index in [1.54, 1.807) is 33.3 Å². The number of amides is 2. The van der Waals surface area contributed by atoms with Gasteiger partial charge in [-0.25, -0.2) is 0 Å². The van der Waals surface area contributed by atoms with E-state index in [4.69, 9.17) is 4.74 Å². The Morgan fingerprint density at radius 3 is 2.55 bits per heavy atom. The van der Waals surface area contributed by atoms with E-state index in [1.807, 2.05) is 13.0 Å². The van der Waals surface area contributed by atoms with Gasteiger partial charge in [0.15, 0.2) is 0 Å². The van der Waals surface area contributed by atoms with Crippen LogP contribution < -0.4 is 10.6 Å². The van der Waals surface area contributed by atoms with Gasteiger partial charge in [0, 0.05) is 39.0 Å². The largest absolute Gasteiger partial charge is 0.383 e. The smallest absolute Gasteiger partial charge is 0.253 e. The van der Waals surface area contributed by atoms with Gasteiger partial charge < -0.3 is 20.3 Å². The van der Waals surface area contributed by atoms with Crippen molar-refractivity contribution in [3.05, 3.63) is 29.3 Å². The Hall–Kier alpha value is -1.63. The lowest BCUT2D eigenvalue weighted by atomic mass is 10.1. The highest BCUT2D eigenvalue weighted by atomic mass is 35.5. The molecule has 0 heterocycles. The minimum absolute atomic E-state index is 0. The van der Waals surface area contributed by atoms with Crippen LogP contribution in [0.15, 0.2) is 18.2 Å². The zero-order valence-electron chi connectivity index (χ0n) is 13.4. The fourth-order valence-electron chi connectivity index (χ4n) is 1.75. The Morgan fingerprint density at radius 1 is 1.27 bits per heavy atom. The van der Waals surface area contributed by atoms with Crippen LogP contribution in [0.1, 0.15) is 15.9 Å². The molecule has 0 fully saturated rings. The molecular weight excluding hydrogens is 306 g/mol. The van der Waals surface area contributed by atoms with Gasteiger partial charge in [0.05, 0.1) is 13.2 Å². The van der Waals surface area contributed by atoms with Crippen LogP contribution in [0.3, 0.4) is 0 Å². The van der Waals surface area contributed by atoms with Crippen molar-refractivity contribution in [2.45, 2.75) is 6.92 Å². The molecule has 124 valence electrons. The first-order chi connectivity index (χ1) is 9.95. The summed E-state index contributed by atoms with van der Waals surface area (Å²) in [7, 11) is 5.01. The maximum absolute atomic E-state index is 12.0. The summed E-state index contributed by atoms with van der Waals surface area (Å²) in [4.78, 5) is 25.3. The van der Waals surface area contributed by atoms with Crippen LogP contribution in [-0.2, 0) is 9.53 Å². The molecule has 1 aromatic rings. The van der Waals surface area contributed by atoms with Gasteiger partial charge in [0.2, 0.25) is 5.91 Å². The maximum Gasteiger partial charge on any atom is 0.253 e. The summed E-state index contributed by atoms with van der Waals surface area (Å²) >= 11 is 0. The number of rotatable bonds is 7. The summed E-state index contributed by atoms with van der Waals surface area (Å²) < 4.78 is 4.88. The van der Waals surface area contributed by atoms with Gasteiger partial charge in [-0.1, -0.05) is 6.07 Å². The van der Waals surface area contributed by atoms with Crippen molar-refractivity contribution in [1.29, 1.82) is 0 Å². The van der Waals surface area contributed by atoms with Gasteiger partial charge in [-0.05, 0) is 24.6 Å². The molecule has 0 radical (unpaired) electrons. The first kappa shape index (κ1) is 20.4. The summed E-state index contributed by atoms with van der Waals surface area (Å²) in [6.07, 6.45) is 0. The van der Waals surface area contributed by atoms with Crippen molar-refractivity contribution in [2.75, 3.05) is 46.2 Å². The van der Waals surface area contributed by atoms with Crippen LogP contribution in [0.25, 0.3) is 0 Å². The van der Waals surface area contributed by atoms with Crippen LogP contribution in [-0.4, -0.2) is 57.6 Å². The number of carbonyl (C=O) groups is 2. The fourth-order valence-corrected chi connectivity index (χ4v) is 1.75. The van der Waals surface area contributed by atoms with Gasteiger partial charge >= 0.3 is 0 Å². The Morgan fingerprint density at radius 2 is 1.95 bits per heavy atom. The number of ether oxygens (including phenoxy) is 1. The highest BCUT2D eigenvalue weighted by molar-refractivity contribution is 5.98. The molecule has 0 aliphatic heterocycles. The molecule has 0 unspecified atom stereocenters. The highest BCUT2D eigenvalue weighted by Crippen LogP contribution is 2.16. The summed E-state index contributed by atoms with van der Waals surface area (Å²) in [6.45, 7) is 3.24. The van der Waals surface area contributed by atoms with Crippen molar-refractivity contribution in [3.63, 3.8) is 0 Å². The van der Waals surface area contributed by atoms with E-state index in [2.05, 4.69) is 10.6 Å². The Balaban J connectivity index is 0.00000441. The monoisotopic (exact) mass is 329 g/mol. The first-order valence-corrected chi connectivity index (χ1v) is 6.77. The summed E-state index contributed by atoms with van der Waals surface area (Å²) in [5.41, 5.74) is 2.08. The van der Waals surface area contributed by atoms with Gasteiger partial charge in [0.25, 0.3) is 5.91 Å². The molecule has 2 N–H and O–H groups in total. The molecule has 0 saturated heterocycles. The van der Waals surface area contributed by atoms with E-state index in [9.17, 15) is 9.59 Å². The fraction of sp³-hybridized carbons (Fsp3) is 0.467. The molecule has 1 aromatic carbocycles. The normalized spacial score (nSPS) is 9.82.